The average Bonchev–Trinajstić information content (AvgIpc) is 2.03. The molecule has 0 radical (unpaired) electrons. The van der Waals surface area contributed by atoms with Gasteiger partial charge in [0.15, 0.2) is 0 Å². The Hall–Kier alpha value is -0.300. The Kier molecular flexibility index (Phi) is 9.44. The van der Waals surface area contributed by atoms with Crippen molar-refractivity contribution >= 4 is 0 Å². The highest BCUT2D eigenvalue weighted by atomic mass is 14.5. The van der Waals surface area contributed by atoms with Crippen LogP contribution in [-0.4, -0.2) is 6.54 Å². The molecule has 66 valence electrons. The van der Waals surface area contributed by atoms with Crippen LogP contribution < -0.4 is 5.73 Å². The van der Waals surface area contributed by atoms with E-state index in [4.69, 9.17) is 5.73 Å². The molecular weight excluding hydrogens is 134 g/mol. The van der Waals surface area contributed by atoms with Gasteiger partial charge in [-0.25, -0.2) is 0 Å². The molecule has 0 amide bonds. The number of hydrogen-bond acceptors (Lipinski definition) is 1. The van der Waals surface area contributed by atoms with Crippen LogP contribution in [0.15, 0.2) is 12.2 Å². The van der Waals surface area contributed by atoms with Crippen LogP contribution in [0.3, 0.4) is 0 Å². The van der Waals surface area contributed by atoms with E-state index in [9.17, 15) is 0 Å². The third-order valence-electron chi connectivity index (χ3n) is 1.72. The zero-order valence-corrected chi connectivity index (χ0v) is 7.68. The van der Waals surface area contributed by atoms with Crippen molar-refractivity contribution in [1.29, 1.82) is 0 Å². The molecule has 0 atom stereocenters. The van der Waals surface area contributed by atoms with Gasteiger partial charge in [0.1, 0.15) is 0 Å². The summed E-state index contributed by atoms with van der Waals surface area (Å²) in [6.45, 7) is 3.06. The van der Waals surface area contributed by atoms with Crippen LogP contribution in [0.25, 0.3) is 0 Å². The smallest absolute Gasteiger partial charge is 0.00772 e. The maximum absolute atomic E-state index is 5.37. The molecule has 0 aromatic rings. The summed E-state index contributed by atoms with van der Waals surface area (Å²) in [7, 11) is 0. The van der Waals surface area contributed by atoms with Gasteiger partial charge in [-0.3, -0.25) is 0 Å². The van der Waals surface area contributed by atoms with Gasteiger partial charge < -0.3 is 5.73 Å². The van der Waals surface area contributed by atoms with Crippen LogP contribution >= 0.6 is 0 Å². The van der Waals surface area contributed by atoms with Gasteiger partial charge in [0.2, 0.25) is 0 Å². The topological polar surface area (TPSA) is 26.0 Å². The highest BCUT2D eigenvalue weighted by Gasteiger charge is 1.81. The molecule has 0 bridgehead atoms. The van der Waals surface area contributed by atoms with Crippen molar-refractivity contribution in [3.05, 3.63) is 12.2 Å². The normalized spacial score (nSPS) is 11.1. The van der Waals surface area contributed by atoms with E-state index in [1.165, 1.54) is 32.1 Å². The maximum atomic E-state index is 5.37. The molecule has 0 unspecified atom stereocenters. The minimum Gasteiger partial charge on any atom is -0.330 e. The molecule has 0 saturated heterocycles. The molecule has 0 fully saturated rings. The summed E-state index contributed by atoms with van der Waals surface area (Å²) in [5, 5.41) is 0. The molecule has 1 heteroatoms. The predicted molar refractivity (Wildman–Crippen MR) is 51.6 cm³/mol. The molecule has 0 aromatic carbocycles. The van der Waals surface area contributed by atoms with Crippen LogP contribution in [0.2, 0.25) is 0 Å². The summed E-state index contributed by atoms with van der Waals surface area (Å²) in [6.07, 6.45) is 12.1. The Morgan fingerprint density at radius 1 is 1.00 bits per heavy atom. The number of allylic oxidation sites excluding steroid dienone is 2. The first-order chi connectivity index (χ1) is 5.41. The molecule has 0 rings (SSSR count). The van der Waals surface area contributed by atoms with Gasteiger partial charge in [-0.15, -0.1) is 0 Å². The van der Waals surface area contributed by atoms with Gasteiger partial charge in [-0.05, 0) is 32.2 Å². The molecule has 0 saturated carbocycles. The van der Waals surface area contributed by atoms with E-state index in [0.717, 1.165) is 13.0 Å². The first kappa shape index (κ1) is 10.7. The van der Waals surface area contributed by atoms with Gasteiger partial charge in [0, 0.05) is 0 Å². The van der Waals surface area contributed by atoms with E-state index in [2.05, 4.69) is 19.1 Å². The average molecular weight is 155 g/mol. The SMILES string of the molecule is CCCC/C=C/CCCCN. The van der Waals surface area contributed by atoms with E-state index in [1.54, 1.807) is 0 Å². The summed E-state index contributed by atoms with van der Waals surface area (Å²) in [5.74, 6) is 0. The van der Waals surface area contributed by atoms with Crippen LogP contribution in [0, 0.1) is 0 Å². The monoisotopic (exact) mass is 155 g/mol. The fourth-order valence-electron chi connectivity index (χ4n) is 0.964. The van der Waals surface area contributed by atoms with E-state index < -0.39 is 0 Å². The van der Waals surface area contributed by atoms with Crippen LogP contribution in [0.1, 0.15) is 45.4 Å². The van der Waals surface area contributed by atoms with Gasteiger partial charge in [0.05, 0.1) is 0 Å². The summed E-state index contributed by atoms with van der Waals surface area (Å²) in [6, 6.07) is 0. The zero-order chi connectivity index (χ0) is 8.36. The van der Waals surface area contributed by atoms with Gasteiger partial charge in [-0.1, -0.05) is 31.9 Å². The second kappa shape index (κ2) is 9.70. The van der Waals surface area contributed by atoms with E-state index in [0.29, 0.717) is 0 Å². The Morgan fingerprint density at radius 2 is 1.64 bits per heavy atom. The zero-order valence-electron chi connectivity index (χ0n) is 7.68. The van der Waals surface area contributed by atoms with Crippen molar-refractivity contribution < 1.29 is 0 Å². The molecule has 0 aliphatic carbocycles. The van der Waals surface area contributed by atoms with Crippen molar-refractivity contribution in [2.75, 3.05) is 6.54 Å². The molecule has 0 heterocycles. The Balaban J connectivity index is 2.91. The van der Waals surface area contributed by atoms with Gasteiger partial charge >= 0.3 is 0 Å². The number of hydrogen-bond donors (Lipinski definition) is 1. The predicted octanol–water partition coefficient (Wildman–Crippen LogP) is 2.86. The first-order valence-corrected chi connectivity index (χ1v) is 4.77. The van der Waals surface area contributed by atoms with Crippen LogP contribution in [0.5, 0.6) is 0 Å². The fourth-order valence-corrected chi connectivity index (χ4v) is 0.964. The third-order valence-corrected chi connectivity index (χ3v) is 1.72. The second-order valence-electron chi connectivity index (χ2n) is 2.90. The lowest BCUT2D eigenvalue weighted by Gasteiger charge is -1.91. The summed E-state index contributed by atoms with van der Waals surface area (Å²) in [5.41, 5.74) is 5.37. The standard InChI is InChI=1S/C10H21N/c1-2-3-4-5-6-7-8-9-10-11/h5-6H,2-4,7-11H2,1H3/b6-5+. The highest BCUT2D eigenvalue weighted by molar-refractivity contribution is 4.80. The summed E-state index contributed by atoms with van der Waals surface area (Å²) < 4.78 is 0. The number of rotatable bonds is 7. The van der Waals surface area contributed by atoms with Crippen molar-refractivity contribution in [2.24, 2.45) is 5.73 Å². The molecule has 11 heavy (non-hydrogen) atoms. The molecule has 2 N–H and O–H groups in total. The third kappa shape index (κ3) is 9.70. The number of nitrogens with two attached hydrogens (primary N) is 1. The van der Waals surface area contributed by atoms with Crippen molar-refractivity contribution in [1.82, 2.24) is 0 Å². The van der Waals surface area contributed by atoms with Crippen LogP contribution in [0.4, 0.5) is 0 Å². The molecule has 0 spiro atoms. The maximum Gasteiger partial charge on any atom is -0.00772 e. The fraction of sp³-hybridized carbons (Fsp3) is 0.800. The summed E-state index contributed by atoms with van der Waals surface area (Å²) in [4.78, 5) is 0. The lowest BCUT2D eigenvalue weighted by atomic mass is 10.2. The largest absolute Gasteiger partial charge is 0.330 e. The lowest BCUT2D eigenvalue weighted by Crippen LogP contribution is -1.96. The second-order valence-corrected chi connectivity index (χ2v) is 2.90. The Bertz CT molecular complexity index is 86.9. The van der Waals surface area contributed by atoms with Crippen LogP contribution in [-0.2, 0) is 0 Å². The Labute approximate surface area is 70.7 Å². The van der Waals surface area contributed by atoms with E-state index in [1.807, 2.05) is 0 Å². The molecule has 0 aliphatic heterocycles. The lowest BCUT2D eigenvalue weighted by molar-refractivity contribution is 0.753. The van der Waals surface area contributed by atoms with E-state index >= 15 is 0 Å². The van der Waals surface area contributed by atoms with Gasteiger partial charge in [0.25, 0.3) is 0 Å². The minimum atomic E-state index is 0.836. The molecule has 0 aliphatic rings. The quantitative estimate of drug-likeness (QED) is 0.444. The highest BCUT2D eigenvalue weighted by Crippen LogP contribution is 1.99. The van der Waals surface area contributed by atoms with Crippen molar-refractivity contribution in [3.8, 4) is 0 Å². The summed E-state index contributed by atoms with van der Waals surface area (Å²) >= 11 is 0. The van der Waals surface area contributed by atoms with Crippen molar-refractivity contribution in [2.45, 2.75) is 45.4 Å². The minimum absolute atomic E-state index is 0.836. The molecule has 1 nitrogen and oxygen atoms in total. The van der Waals surface area contributed by atoms with E-state index in [-0.39, 0.29) is 0 Å². The van der Waals surface area contributed by atoms with Gasteiger partial charge in [-0.2, -0.15) is 0 Å². The van der Waals surface area contributed by atoms with Crippen molar-refractivity contribution in [3.63, 3.8) is 0 Å². The molecule has 0 aromatic heterocycles. The molecular formula is C10H21N. The number of unbranched alkanes of at least 4 members (excludes halogenated alkanes) is 4. The first-order valence-electron chi connectivity index (χ1n) is 4.77. The Morgan fingerprint density at radius 3 is 2.18 bits per heavy atom.